The third-order valence-corrected chi connectivity index (χ3v) is 4.69. The van der Waals surface area contributed by atoms with Crippen molar-refractivity contribution < 1.29 is 0 Å². The number of nitrogens with one attached hydrogen (secondary N) is 1. The van der Waals surface area contributed by atoms with E-state index in [0.29, 0.717) is 10.7 Å². The molecule has 3 nitrogen and oxygen atoms in total. The number of halogens is 1. The van der Waals surface area contributed by atoms with Crippen molar-refractivity contribution in [3.05, 3.63) is 22.3 Å². The summed E-state index contributed by atoms with van der Waals surface area (Å²) in [6.07, 6.45) is 6.38. The van der Waals surface area contributed by atoms with Gasteiger partial charge in [-0.25, -0.2) is 4.98 Å². The van der Waals surface area contributed by atoms with Gasteiger partial charge in [-0.1, -0.05) is 11.6 Å². The largest absolute Gasteiger partial charge is 0.365 e. The molecule has 2 fully saturated rings. The SMILES string of the molecule is Cc1cc(NC23CCC(CC2)C3)nc(Cl)c1C#N. The molecule has 2 bridgehead atoms. The van der Waals surface area contributed by atoms with Crippen molar-refractivity contribution in [3.63, 3.8) is 0 Å². The van der Waals surface area contributed by atoms with Gasteiger partial charge in [0, 0.05) is 5.54 Å². The Bertz CT molecular complexity index is 501. The number of fused-ring (bicyclic) bond motifs is 2. The minimum Gasteiger partial charge on any atom is -0.365 e. The molecule has 4 heteroatoms. The summed E-state index contributed by atoms with van der Waals surface area (Å²) in [6, 6.07) is 4.03. The van der Waals surface area contributed by atoms with E-state index in [1.807, 2.05) is 13.0 Å². The molecule has 3 rings (SSSR count). The van der Waals surface area contributed by atoms with Crippen molar-refractivity contribution in [1.82, 2.24) is 4.98 Å². The van der Waals surface area contributed by atoms with Crippen molar-refractivity contribution in [3.8, 4) is 6.07 Å². The molecule has 1 heterocycles. The first kappa shape index (κ1) is 11.8. The van der Waals surface area contributed by atoms with Gasteiger partial charge in [0.2, 0.25) is 0 Å². The molecule has 94 valence electrons. The molecule has 2 aliphatic carbocycles. The second-order valence-corrected chi connectivity index (χ2v) is 6.01. The van der Waals surface area contributed by atoms with E-state index in [1.54, 1.807) is 0 Å². The average Bonchev–Trinajstić information content (AvgIpc) is 2.88. The first-order valence-electron chi connectivity index (χ1n) is 6.47. The summed E-state index contributed by atoms with van der Waals surface area (Å²) in [5.41, 5.74) is 1.61. The Kier molecular flexibility index (Phi) is 2.71. The molecule has 1 aromatic heterocycles. The lowest BCUT2D eigenvalue weighted by atomic mass is 9.94. The lowest BCUT2D eigenvalue weighted by Gasteiger charge is -2.28. The molecule has 0 unspecified atom stereocenters. The maximum absolute atomic E-state index is 8.98. The number of aromatic nitrogens is 1. The van der Waals surface area contributed by atoms with Gasteiger partial charge < -0.3 is 5.32 Å². The summed E-state index contributed by atoms with van der Waals surface area (Å²) in [7, 11) is 0. The van der Waals surface area contributed by atoms with Gasteiger partial charge in [0.25, 0.3) is 0 Å². The van der Waals surface area contributed by atoms with Gasteiger partial charge in [-0.15, -0.1) is 0 Å². The zero-order chi connectivity index (χ0) is 12.8. The molecule has 2 saturated carbocycles. The van der Waals surface area contributed by atoms with Gasteiger partial charge in [-0.2, -0.15) is 5.26 Å². The molecule has 1 aromatic rings. The van der Waals surface area contributed by atoms with Gasteiger partial charge in [0.15, 0.2) is 0 Å². The highest BCUT2D eigenvalue weighted by Gasteiger charge is 2.44. The van der Waals surface area contributed by atoms with Gasteiger partial charge in [-0.3, -0.25) is 0 Å². The number of nitrogens with zero attached hydrogens (tertiary/aromatic N) is 2. The summed E-state index contributed by atoms with van der Waals surface area (Å²) in [4.78, 5) is 4.31. The monoisotopic (exact) mass is 261 g/mol. The van der Waals surface area contributed by atoms with E-state index in [1.165, 1.54) is 32.1 Å². The van der Waals surface area contributed by atoms with E-state index in [-0.39, 0.29) is 5.54 Å². The summed E-state index contributed by atoms with van der Waals surface area (Å²) < 4.78 is 0. The van der Waals surface area contributed by atoms with Crippen LogP contribution in [0.15, 0.2) is 6.07 Å². The third-order valence-electron chi connectivity index (χ3n) is 4.42. The maximum Gasteiger partial charge on any atom is 0.149 e. The Balaban J connectivity index is 1.88. The lowest BCUT2D eigenvalue weighted by Crippen LogP contribution is -2.33. The van der Waals surface area contributed by atoms with E-state index < -0.39 is 0 Å². The van der Waals surface area contributed by atoms with E-state index in [0.717, 1.165) is 17.3 Å². The minimum absolute atomic E-state index is 0.238. The van der Waals surface area contributed by atoms with Crippen LogP contribution in [-0.4, -0.2) is 10.5 Å². The summed E-state index contributed by atoms with van der Waals surface area (Å²) in [5.74, 6) is 1.71. The maximum atomic E-state index is 8.98. The highest BCUT2D eigenvalue weighted by Crippen LogP contribution is 2.49. The predicted molar refractivity (Wildman–Crippen MR) is 71.6 cm³/mol. The van der Waals surface area contributed by atoms with Crippen LogP contribution < -0.4 is 5.32 Å². The number of anilines is 1. The molecule has 0 aliphatic heterocycles. The standard InChI is InChI=1S/C14H16ClN3/c1-9-6-12(17-13(15)11(9)8-16)18-14-4-2-10(7-14)3-5-14/h6,10H,2-5,7H2,1H3,(H,17,18). The first-order valence-corrected chi connectivity index (χ1v) is 6.85. The summed E-state index contributed by atoms with van der Waals surface area (Å²) >= 11 is 6.05. The quantitative estimate of drug-likeness (QED) is 0.827. The van der Waals surface area contributed by atoms with Crippen LogP contribution in [0.25, 0.3) is 0 Å². The molecule has 0 aromatic carbocycles. The summed E-state index contributed by atoms with van der Waals surface area (Å²) in [6.45, 7) is 1.90. The van der Waals surface area contributed by atoms with E-state index >= 15 is 0 Å². The Hall–Kier alpha value is -1.27. The number of nitriles is 1. The highest BCUT2D eigenvalue weighted by atomic mass is 35.5. The van der Waals surface area contributed by atoms with Crippen LogP contribution in [0.5, 0.6) is 0 Å². The van der Waals surface area contributed by atoms with Crippen LogP contribution in [-0.2, 0) is 0 Å². The normalized spacial score (nSPS) is 29.3. The molecule has 0 saturated heterocycles. The molecule has 18 heavy (non-hydrogen) atoms. The smallest absolute Gasteiger partial charge is 0.149 e. The van der Waals surface area contributed by atoms with Crippen LogP contribution in [0, 0.1) is 24.2 Å². The first-order chi connectivity index (χ1) is 8.62. The van der Waals surface area contributed by atoms with Crippen molar-refractivity contribution in [1.29, 1.82) is 5.26 Å². The summed E-state index contributed by atoms with van der Waals surface area (Å²) in [5, 5.41) is 12.9. The van der Waals surface area contributed by atoms with Crippen LogP contribution >= 0.6 is 11.6 Å². The predicted octanol–water partition coefficient (Wildman–Crippen LogP) is 3.66. The Morgan fingerprint density at radius 3 is 2.72 bits per heavy atom. The van der Waals surface area contributed by atoms with Gasteiger partial charge in [-0.05, 0) is 56.6 Å². The fourth-order valence-electron chi connectivity index (χ4n) is 3.47. The van der Waals surface area contributed by atoms with Gasteiger partial charge in [0.05, 0.1) is 5.56 Å². The number of hydrogen-bond acceptors (Lipinski definition) is 3. The van der Waals surface area contributed by atoms with Crippen molar-refractivity contribution in [2.45, 2.75) is 44.6 Å². The molecule has 0 atom stereocenters. The van der Waals surface area contributed by atoms with Gasteiger partial charge in [0.1, 0.15) is 17.0 Å². The van der Waals surface area contributed by atoms with Gasteiger partial charge >= 0.3 is 0 Å². The van der Waals surface area contributed by atoms with Crippen LogP contribution in [0.2, 0.25) is 5.15 Å². The van der Waals surface area contributed by atoms with E-state index in [4.69, 9.17) is 16.9 Å². The topological polar surface area (TPSA) is 48.7 Å². The van der Waals surface area contributed by atoms with Crippen LogP contribution in [0.3, 0.4) is 0 Å². The number of aryl methyl sites for hydroxylation is 1. The Morgan fingerprint density at radius 2 is 2.22 bits per heavy atom. The van der Waals surface area contributed by atoms with E-state index in [2.05, 4.69) is 16.4 Å². The van der Waals surface area contributed by atoms with E-state index in [9.17, 15) is 0 Å². The van der Waals surface area contributed by atoms with Crippen LogP contribution in [0.4, 0.5) is 5.82 Å². The molecule has 2 aliphatic rings. The van der Waals surface area contributed by atoms with Crippen molar-refractivity contribution in [2.24, 2.45) is 5.92 Å². The Labute approximate surface area is 112 Å². The molecule has 1 N–H and O–H groups in total. The van der Waals surface area contributed by atoms with Crippen molar-refractivity contribution in [2.75, 3.05) is 5.32 Å². The fraction of sp³-hybridized carbons (Fsp3) is 0.571. The minimum atomic E-state index is 0.238. The lowest BCUT2D eigenvalue weighted by molar-refractivity contribution is 0.446. The number of pyridine rings is 1. The molecule has 0 amide bonds. The molecular weight excluding hydrogens is 246 g/mol. The molecular formula is C14H16ClN3. The molecule has 0 radical (unpaired) electrons. The third kappa shape index (κ3) is 1.85. The molecule has 0 spiro atoms. The highest BCUT2D eigenvalue weighted by molar-refractivity contribution is 6.30. The number of hydrogen-bond donors (Lipinski definition) is 1. The average molecular weight is 262 g/mol. The Morgan fingerprint density at radius 1 is 1.50 bits per heavy atom. The second kappa shape index (κ2) is 4.13. The fourth-order valence-corrected chi connectivity index (χ4v) is 3.75. The zero-order valence-corrected chi connectivity index (χ0v) is 11.2. The van der Waals surface area contributed by atoms with Crippen LogP contribution in [0.1, 0.15) is 43.2 Å². The second-order valence-electron chi connectivity index (χ2n) is 5.65. The zero-order valence-electron chi connectivity index (χ0n) is 10.5. The number of rotatable bonds is 2. The van der Waals surface area contributed by atoms with Crippen molar-refractivity contribution >= 4 is 17.4 Å².